The van der Waals surface area contributed by atoms with E-state index in [1.54, 1.807) is 0 Å². The van der Waals surface area contributed by atoms with Gasteiger partial charge in [0.2, 0.25) is 0 Å². The van der Waals surface area contributed by atoms with E-state index in [0.717, 1.165) is 38.5 Å². The average Bonchev–Trinajstić information content (AvgIpc) is 2.65. The van der Waals surface area contributed by atoms with Gasteiger partial charge in [-0.15, -0.1) is 0 Å². The fraction of sp³-hybridized carbons (Fsp3) is 0.905. The molecule has 0 aromatic rings. The van der Waals surface area contributed by atoms with Crippen LogP contribution in [0.15, 0.2) is 12.2 Å². The van der Waals surface area contributed by atoms with Gasteiger partial charge in [0.15, 0.2) is 5.34 Å². The molecule has 0 rings (SSSR count). The van der Waals surface area contributed by atoms with Crippen LogP contribution in [0.3, 0.4) is 0 Å². The number of rotatable bonds is 19. The Labute approximate surface area is 171 Å². The van der Waals surface area contributed by atoms with E-state index in [1.165, 1.54) is 44.9 Å². The Morgan fingerprint density at radius 2 is 1.25 bits per heavy atom. The highest BCUT2D eigenvalue weighted by Crippen LogP contribution is 2.53. The van der Waals surface area contributed by atoms with Crippen molar-refractivity contribution in [3.8, 4) is 0 Å². The highest BCUT2D eigenvalue weighted by Gasteiger charge is 2.50. The van der Waals surface area contributed by atoms with E-state index in [0.29, 0.717) is 6.42 Å². The van der Waals surface area contributed by atoms with E-state index in [-0.39, 0.29) is 6.42 Å². The van der Waals surface area contributed by atoms with Gasteiger partial charge >= 0.3 is 7.60 Å². The summed E-state index contributed by atoms with van der Waals surface area (Å²) in [4.78, 5) is 18.5. The third-order valence-electron chi connectivity index (χ3n) is 5.27. The summed E-state index contributed by atoms with van der Waals surface area (Å²) in [5, 5.41) is 25.9. The maximum Gasteiger partial charge on any atom is 0.359 e. The molecule has 0 aliphatic carbocycles. The molecular weight excluding hydrogens is 379 g/mol. The van der Waals surface area contributed by atoms with Crippen LogP contribution in [0.5, 0.6) is 0 Å². The molecule has 0 saturated carbocycles. The summed E-state index contributed by atoms with van der Waals surface area (Å²) in [6.45, 7) is 1.35. The number of unbranched alkanes of at least 4 members (excludes halogenated alkanes) is 12. The lowest BCUT2D eigenvalue weighted by Gasteiger charge is -2.32. The minimum absolute atomic E-state index is 0.222. The topological polar surface area (TPSA) is 118 Å². The molecule has 2 unspecified atom stereocenters. The van der Waals surface area contributed by atoms with Crippen molar-refractivity contribution in [1.29, 1.82) is 0 Å². The van der Waals surface area contributed by atoms with Crippen molar-refractivity contribution >= 4 is 7.60 Å². The van der Waals surface area contributed by atoms with Crippen LogP contribution in [0.2, 0.25) is 0 Å². The van der Waals surface area contributed by atoms with Crippen LogP contribution < -0.4 is 0 Å². The van der Waals surface area contributed by atoms with E-state index < -0.39 is 25.6 Å². The Morgan fingerprint density at radius 3 is 1.68 bits per heavy atom. The molecule has 0 spiro atoms. The lowest BCUT2D eigenvalue weighted by molar-refractivity contribution is -0.0604. The second-order valence-electron chi connectivity index (χ2n) is 7.81. The van der Waals surface area contributed by atoms with Crippen LogP contribution in [0.25, 0.3) is 0 Å². The largest absolute Gasteiger partial charge is 0.394 e. The fourth-order valence-corrected chi connectivity index (χ4v) is 4.20. The molecule has 0 fully saturated rings. The molecule has 0 saturated heterocycles. The zero-order chi connectivity index (χ0) is 21.3. The normalized spacial score (nSPS) is 15.8. The van der Waals surface area contributed by atoms with E-state index >= 15 is 0 Å². The quantitative estimate of drug-likeness (QED) is 0.118. The summed E-state index contributed by atoms with van der Waals surface area (Å²) in [5.74, 6) is 0. The van der Waals surface area contributed by atoms with E-state index in [2.05, 4.69) is 19.1 Å². The number of allylic oxidation sites excluding steroid dienone is 2. The van der Waals surface area contributed by atoms with Crippen LogP contribution in [0, 0.1) is 0 Å². The van der Waals surface area contributed by atoms with Crippen molar-refractivity contribution in [3.05, 3.63) is 12.2 Å². The minimum atomic E-state index is -4.91. The molecule has 0 aromatic heterocycles. The predicted molar refractivity (Wildman–Crippen MR) is 114 cm³/mol. The van der Waals surface area contributed by atoms with Crippen molar-refractivity contribution in [1.82, 2.24) is 0 Å². The smallest absolute Gasteiger partial charge is 0.359 e. The molecule has 0 aliphatic rings. The summed E-state index contributed by atoms with van der Waals surface area (Å²) in [5.41, 5.74) is 0. The fourth-order valence-electron chi connectivity index (χ4n) is 3.29. The Kier molecular flexibility index (Phi) is 16.4. The predicted octanol–water partition coefficient (Wildman–Crippen LogP) is 4.63. The Bertz CT molecular complexity index is 437. The molecule has 28 heavy (non-hydrogen) atoms. The van der Waals surface area contributed by atoms with Crippen LogP contribution in [-0.4, -0.2) is 43.2 Å². The Hall–Kier alpha value is -0.230. The molecule has 2 atom stereocenters. The number of hydrogen-bond acceptors (Lipinski definition) is 4. The Morgan fingerprint density at radius 1 is 0.821 bits per heavy atom. The van der Waals surface area contributed by atoms with Crippen LogP contribution >= 0.6 is 7.60 Å². The van der Waals surface area contributed by atoms with E-state index in [4.69, 9.17) is 5.11 Å². The first-order valence-electron chi connectivity index (χ1n) is 11.0. The van der Waals surface area contributed by atoms with Gasteiger partial charge in [-0.3, -0.25) is 4.57 Å². The number of aliphatic hydroxyl groups excluding tert-OH is 2. The van der Waals surface area contributed by atoms with Gasteiger partial charge < -0.3 is 25.1 Å². The van der Waals surface area contributed by atoms with Crippen LogP contribution in [0.4, 0.5) is 0 Å². The number of aliphatic hydroxyl groups is 3. The standard InChI is InChI=1S/C21H43O6P/c1-2-3-4-5-6-7-8-9-10-11-12-13-14-15-16-17-18-21(24,20(23)19-22)28(25,26)27/h9-10,20,22-24H,2-8,11-19H2,1H3,(H2,25,26,27). The molecular formula is C21H43O6P. The third-order valence-corrected chi connectivity index (χ3v) is 6.80. The lowest BCUT2D eigenvalue weighted by atomic mass is 10.0. The van der Waals surface area contributed by atoms with Gasteiger partial charge in [-0.05, 0) is 38.5 Å². The molecule has 7 heteroatoms. The zero-order valence-electron chi connectivity index (χ0n) is 17.6. The average molecular weight is 423 g/mol. The van der Waals surface area contributed by atoms with Gasteiger partial charge in [0.05, 0.1) is 6.61 Å². The van der Waals surface area contributed by atoms with Gasteiger partial charge in [0.25, 0.3) is 0 Å². The van der Waals surface area contributed by atoms with Gasteiger partial charge in [0, 0.05) is 0 Å². The molecule has 0 radical (unpaired) electrons. The van der Waals surface area contributed by atoms with Gasteiger partial charge in [0.1, 0.15) is 6.10 Å². The molecule has 0 heterocycles. The lowest BCUT2D eigenvalue weighted by Crippen LogP contribution is -2.44. The summed E-state index contributed by atoms with van der Waals surface area (Å²) in [6, 6.07) is 0. The summed E-state index contributed by atoms with van der Waals surface area (Å²) in [7, 11) is -4.91. The second kappa shape index (κ2) is 16.6. The molecule has 0 aliphatic heterocycles. The van der Waals surface area contributed by atoms with Gasteiger partial charge in [-0.25, -0.2) is 0 Å². The highest BCUT2D eigenvalue weighted by atomic mass is 31.2. The van der Waals surface area contributed by atoms with Crippen molar-refractivity contribution in [2.45, 2.75) is 115 Å². The monoisotopic (exact) mass is 422 g/mol. The first-order chi connectivity index (χ1) is 13.3. The van der Waals surface area contributed by atoms with E-state index in [9.17, 15) is 24.6 Å². The second-order valence-corrected chi connectivity index (χ2v) is 9.67. The van der Waals surface area contributed by atoms with Crippen LogP contribution in [-0.2, 0) is 4.57 Å². The van der Waals surface area contributed by atoms with E-state index in [1.807, 2.05) is 0 Å². The molecule has 5 N–H and O–H groups in total. The molecule has 6 nitrogen and oxygen atoms in total. The zero-order valence-corrected chi connectivity index (χ0v) is 18.5. The maximum absolute atomic E-state index is 11.4. The first-order valence-corrected chi connectivity index (χ1v) is 12.6. The van der Waals surface area contributed by atoms with Gasteiger partial charge in [-0.2, -0.15) is 0 Å². The summed E-state index contributed by atoms with van der Waals surface area (Å²) >= 11 is 0. The number of hydrogen-bond donors (Lipinski definition) is 5. The molecule has 0 aromatic carbocycles. The summed E-state index contributed by atoms with van der Waals surface area (Å²) < 4.78 is 11.4. The SMILES string of the molecule is CCCCCCCCC=CCCCCCCCCC(O)(C(O)CO)P(=O)(O)O. The third kappa shape index (κ3) is 12.4. The Balaban J connectivity index is 3.64. The molecule has 0 amide bonds. The molecule has 168 valence electrons. The summed E-state index contributed by atoms with van der Waals surface area (Å²) in [6.07, 6.45) is 18.1. The first kappa shape index (κ1) is 27.8. The van der Waals surface area contributed by atoms with Crippen molar-refractivity contribution in [2.24, 2.45) is 0 Å². The van der Waals surface area contributed by atoms with Crippen molar-refractivity contribution < 1.29 is 29.7 Å². The van der Waals surface area contributed by atoms with Crippen molar-refractivity contribution in [3.63, 3.8) is 0 Å². The van der Waals surface area contributed by atoms with Crippen molar-refractivity contribution in [2.75, 3.05) is 6.61 Å². The minimum Gasteiger partial charge on any atom is -0.394 e. The molecule has 0 bridgehead atoms. The van der Waals surface area contributed by atoms with Crippen LogP contribution in [0.1, 0.15) is 103 Å². The maximum atomic E-state index is 11.4. The van der Waals surface area contributed by atoms with Gasteiger partial charge in [-0.1, -0.05) is 76.9 Å². The highest BCUT2D eigenvalue weighted by molar-refractivity contribution is 7.53.